The topological polar surface area (TPSA) is 25.2 Å². The molecule has 0 radical (unpaired) electrons. The average Bonchev–Trinajstić information content (AvgIpc) is 3.22. The summed E-state index contributed by atoms with van der Waals surface area (Å²) in [5.74, 6) is 0.116. The van der Waals surface area contributed by atoms with Gasteiger partial charge in [0.1, 0.15) is 0 Å². The SMILES string of the molecule is CCC(C(=O)N1CCn2cccc2C1c1ccc(C(C)(C)C)cc1)c1ccccc1. The van der Waals surface area contributed by atoms with Crippen LogP contribution in [0, 0.1) is 0 Å². The third-order valence-electron chi connectivity index (χ3n) is 6.32. The first-order valence-electron chi connectivity index (χ1n) is 11.0. The summed E-state index contributed by atoms with van der Waals surface area (Å²) >= 11 is 0. The molecule has 2 unspecified atom stereocenters. The minimum absolute atomic E-state index is 0.0481. The maximum atomic E-state index is 13.8. The van der Waals surface area contributed by atoms with Crippen LogP contribution in [-0.2, 0) is 16.8 Å². The lowest BCUT2D eigenvalue weighted by molar-refractivity contribution is -0.135. The van der Waals surface area contributed by atoms with Gasteiger partial charge in [-0.1, -0.05) is 82.3 Å². The molecule has 156 valence electrons. The maximum Gasteiger partial charge on any atom is 0.230 e. The Morgan fingerprint density at radius 3 is 2.30 bits per heavy atom. The number of hydrogen-bond donors (Lipinski definition) is 0. The molecule has 1 amide bonds. The second-order valence-electron chi connectivity index (χ2n) is 9.30. The summed E-state index contributed by atoms with van der Waals surface area (Å²) < 4.78 is 2.29. The largest absolute Gasteiger partial charge is 0.348 e. The van der Waals surface area contributed by atoms with Crippen molar-refractivity contribution in [1.82, 2.24) is 9.47 Å². The first-order chi connectivity index (χ1) is 14.4. The molecule has 1 aliphatic rings. The van der Waals surface area contributed by atoms with Gasteiger partial charge >= 0.3 is 0 Å². The van der Waals surface area contributed by atoms with E-state index in [0.717, 1.165) is 25.1 Å². The van der Waals surface area contributed by atoms with Crippen molar-refractivity contribution in [2.75, 3.05) is 6.54 Å². The van der Waals surface area contributed by atoms with Crippen LogP contribution in [0.3, 0.4) is 0 Å². The molecule has 2 aromatic carbocycles. The number of carbonyl (C=O) groups excluding carboxylic acids is 1. The van der Waals surface area contributed by atoms with E-state index in [1.807, 2.05) is 18.2 Å². The van der Waals surface area contributed by atoms with E-state index in [2.05, 4.69) is 91.9 Å². The van der Waals surface area contributed by atoms with Crippen molar-refractivity contribution >= 4 is 5.91 Å². The van der Waals surface area contributed by atoms with Crippen molar-refractivity contribution in [2.24, 2.45) is 0 Å². The number of aromatic nitrogens is 1. The number of benzene rings is 2. The van der Waals surface area contributed by atoms with Gasteiger partial charge in [-0.15, -0.1) is 0 Å². The minimum atomic E-state index is -0.107. The third kappa shape index (κ3) is 3.81. The maximum absolute atomic E-state index is 13.8. The van der Waals surface area contributed by atoms with Crippen LogP contribution in [0.25, 0.3) is 0 Å². The predicted octanol–water partition coefficient (Wildman–Crippen LogP) is 5.91. The van der Waals surface area contributed by atoms with Crippen molar-refractivity contribution in [3.63, 3.8) is 0 Å². The standard InChI is InChI=1S/C27H32N2O/c1-5-23(20-10-7-6-8-11-20)26(30)29-19-18-28-17-9-12-24(28)25(29)21-13-15-22(16-14-21)27(2,3)4/h6-17,23,25H,5,18-19H2,1-4H3. The second kappa shape index (κ2) is 8.14. The van der Waals surface area contributed by atoms with Crippen LogP contribution < -0.4 is 0 Å². The summed E-state index contributed by atoms with van der Waals surface area (Å²) in [6.07, 6.45) is 2.93. The number of rotatable bonds is 4. The molecule has 0 N–H and O–H groups in total. The zero-order chi connectivity index (χ0) is 21.3. The highest BCUT2D eigenvalue weighted by Gasteiger charge is 2.35. The minimum Gasteiger partial charge on any atom is -0.348 e. The first kappa shape index (κ1) is 20.5. The van der Waals surface area contributed by atoms with Crippen molar-refractivity contribution in [1.29, 1.82) is 0 Å². The van der Waals surface area contributed by atoms with E-state index in [1.54, 1.807) is 0 Å². The number of amides is 1. The van der Waals surface area contributed by atoms with Gasteiger partial charge in [-0.2, -0.15) is 0 Å². The van der Waals surface area contributed by atoms with Crippen LogP contribution in [0.5, 0.6) is 0 Å². The monoisotopic (exact) mass is 400 g/mol. The summed E-state index contributed by atoms with van der Waals surface area (Å²) in [4.78, 5) is 15.9. The zero-order valence-electron chi connectivity index (χ0n) is 18.5. The Morgan fingerprint density at radius 1 is 0.967 bits per heavy atom. The van der Waals surface area contributed by atoms with E-state index in [0.29, 0.717) is 0 Å². The van der Waals surface area contributed by atoms with Crippen LogP contribution in [0.2, 0.25) is 0 Å². The summed E-state index contributed by atoms with van der Waals surface area (Å²) in [5.41, 5.74) is 4.90. The molecule has 1 aliphatic heterocycles. The Labute approximate surface area is 180 Å². The summed E-state index contributed by atoms with van der Waals surface area (Å²) in [5, 5.41) is 0. The smallest absolute Gasteiger partial charge is 0.230 e. The van der Waals surface area contributed by atoms with Gasteiger partial charge in [0.2, 0.25) is 5.91 Å². The Bertz CT molecular complexity index is 995. The number of carbonyl (C=O) groups is 1. The molecule has 2 heterocycles. The predicted molar refractivity (Wildman–Crippen MR) is 123 cm³/mol. The van der Waals surface area contributed by atoms with Crippen LogP contribution in [0.15, 0.2) is 72.9 Å². The van der Waals surface area contributed by atoms with Gasteiger partial charge in [-0.25, -0.2) is 0 Å². The van der Waals surface area contributed by atoms with Crippen LogP contribution in [0.4, 0.5) is 0 Å². The second-order valence-corrected chi connectivity index (χ2v) is 9.30. The summed E-state index contributed by atoms with van der Waals surface area (Å²) in [6.45, 7) is 10.4. The van der Waals surface area contributed by atoms with E-state index in [9.17, 15) is 4.79 Å². The highest BCUT2D eigenvalue weighted by Crippen LogP contribution is 2.36. The molecular formula is C27H32N2O. The van der Waals surface area contributed by atoms with Gasteiger partial charge in [0, 0.05) is 25.0 Å². The fourth-order valence-electron chi connectivity index (χ4n) is 4.58. The van der Waals surface area contributed by atoms with Gasteiger partial charge in [0.15, 0.2) is 0 Å². The van der Waals surface area contributed by atoms with Crippen molar-refractivity contribution in [3.05, 3.63) is 95.3 Å². The fraction of sp³-hybridized carbons (Fsp3) is 0.370. The molecule has 2 atom stereocenters. The Kier molecular flexibility index (Phi) is 5.55. The molecule has 1 aromatic heterocycles. The molecule has 0 saturated heterocycles. The van der Waals surface area contributed by atoms with E-state index < -0.39 is 0 Å². The number of nitrogens with zero attached hydrogens (tertiary/aromatic N) is 2. The molecule has 0 aliphatic carbocycles. The van der Waals surface area contributed by atoms with Gasteiger partial charge in [0.05, 0.1) is 12.0 Å². The van der Waals surface area contributed by atoms with Crippen LogP contribution in [0.1, 0.15) is 68.5 Å². The molecule has 0 spiro atoms. The lowest BCUT2D eigenvalue weighted by Crippen LogP contribution is -2.44. The van der Waals surface area contributed by atoms with E-state index in [4.69, 9.17) is 0 Å². The molecule has 30 heavy (non-hydrogen) atoms. The molecule has 3 heteroatoms. The number of fused-ring (bicyclic) bond motifs is 1. The van der Waals surface area contributed by atoms with Gasteiger partial charge in [0.25, 0.3) is 0 Å². The molecule has 0 saturated carbocycles. The van der Waals surface area contributed by atoms with Crippen molar-refractivity contribution in [2.45, 2.75) is 58.0 Å². The molecule has 0 bridgehead atoms. The zero-order valence-corrected chi connectivity index (χ0v) is 18.5. The Hall–Kier alpha value is -2.81. The number of hydrogen-bond acceptors (Lipinski definition) is 1. The van der Waals surface area contributed by atoms with Crippen molar-refractivity contribution in [3.8, 4) is 0 Å². The molecular weight excluding hydrogens is 368 g/mol. The molecule has 3 nitrogen and oxygen atoms in total. The van der Waals surface area contributed by atoms with E-state index in [1.165, 1.54) is 16.8 Å². The average molecular weight is 401 g/mol. The lowest BCUT2D eigenvalue weighted by Gasteiger charge is -2.39. The molecule has 3 aromatic rings. The van der Waals surface area contributed by atoms with Crippen LogP contribution >= 0.6 is 0 Å². The van der Waals surface area contributed by atoms with Crippen molar-refractivity contribution < 1.29 is 4.79 Å². The van der Waals surface area contributed by atoms with E-state index in [-0.39, 0.29) is 23.3 Å². The van der Waals surface area contributed by atoms with Crippen LogP contribution in [-0.4, -0.2) is 21.9 Å². The fourth-order valence-corrected chi connectivity index (χ4v) is 4.58. The highest BCUT2D eigenvalue weighted by atomic mass is 16.2. The first-order valence-corrected chi connectivity index (χ1v) is 11.0. The highest BCUT2D eigenvalue weighted by molar-refractivity contribution is 5.84. The van der Waals surface area contributed by atoms with E-state index >= 15 is 0 Å². The Morgan fingerprint density at radius 2 is 1.67 bits per heavy atom. The molecule has 0 fully saturated rings. The summed E-state index contributed by atoms with van der Waals surface area (Å²) in [6, 6.07) is 23.3. The summed E-state index contributed by atoms with van der Waals surface area (Å²) in [7, 11) is 0. The van der Waals surface area contributed by atoms with Gasteiger partial charge in [-0.3, -0.25) is 4.79 Å². The quantitative estimate of drug-likeness (QED) is 0.534. The molecule has 4 rings (SSSR count). The lowest BCUT2D eigenvalue weighted by atomic mass is 9.85. The van der Waals surface area contributed by atoms with Gasteiger partial charge in [-0.05, 0) is 40.7 Å². The third-order valence-corrected chi connectivity index (χ3v) is 6.32. The normalized spacial score (nSPS) is 17.5. The van der Waals surface area contributed by atoms with Gasteiger partial charge < -0.3 is 9.47 Å². The Balaban J connectivity index is 1.72.